The third kappa shape index (κ3) is 7.04. The van der Waals surface area contributed by atoms with Crippen molar-refractivity contribution in [2.45, 2.75) is 0 Å². The van der Waals surface area contributed by atoms with Gasteiger partial charge in [0.1, 0.15) is 21.4 Å². The molecular formula is C49H48O3P4. The molecule has 0 N–H and O–H groups in total. The molecule has 0 aliphatic rings. The average molecular weight is 809 g/mol. The van der Waals surface area contributed by atoms with Gasteiger partial charge >= 0.3 is 0 Å². The summed E-state index contributed by atoms with van der Waals surface area (Å²) in [6.07, 6.45) is 4.49. The molecule has 0 radical (unpaired) electrons. The largest absolute Gasteiger partial charge is 0.319 e. The Morgan fingerprint density at radius 2 is 0.536 bits per heavy atom. The minimum Gasteiger partial charge on any atom is -0.319 e. The summed E-state index contributed by atoms with van der Waals surface area (Å²) >= 11 is 0. The highest BCUT2D eigenvalue weighted by atomic mass is 31.2. The molecule has 0 unspecified atom stereocenters. The standard InChI is InChI=1S/C49H48O3P4/c1-53(2,3)36-18-10-32(11-19-36)44-30-45(33-12-20-37(21-13-33)54(4,5)50)41-28-29-43-47(35-16-24-39(25-17-35)56(8,9)52)31-46(42-27-26-40(44)48(41)49(42)43)34-14-22-38(23-15-34)55(6,7)51/h10-31H,1H2,2-9H3. The third-order valence-corrected chi connectivity index (χ3v) is 17.5. The van der Waals surface area contributed by atoms with Gasteiger partial charge in [-0.25, -0.2) is 0 Å². The van der Waals surface area contributed by atoms with E-state index < -0.39 is 28.3 Å². The second-order valence-corrected chi connectivity index (χ2v) is 30.5. The van der Waals surface area contributed by atoms with Crippen molar-refractivity contribution in [3.05, 3.63) is 133 Å². The second-order valence-electron chi connectivity index (χ2n) is 16.9. The van der Waals surface area contributed by atoms with Gasteiger partial charge in [0.15, 0.2) is 0 Å². The van der Waals surface area contributed by atoms with E-state index in [2.05, 4.69) is 117 Å². The van der Waals surface area contributed by atoms with E-state index in [1.165, 1.54) is 21.5 Å². The maximum Gasteiger partial charge on any atom is 0.109 e. The van der Waals surface area contributed by atoms with E-state index >= 15 is 0 Å². The highest BCUT2D eigenvalue weighted by Crippen LogP contribution is 2.49. The zero-order chi connectivity index (χ0) is 39.9. The molecule has 0 amide bonds. The lowest BCUT2D eigenvalue weighted by Gasteiger charge is -2.22. The summed E-state index contributed by atoms with van der Waals surface area (Å²) in [5, 5.41) is 10.9. The molecule has 0 fully saturated rings. The molecule has 8 aromatic carbocycles. The normalized spacial score (nSPS) is 12.9. The number of hydrogen-bond acceptors (Lipinski definition) is 3. The van der Waals surface area contributed by atoms with Crippen LogP contribution in [0.15, 0.2) is 133 Å². The molecule has 8 aromatic rings. The lowest BCUT2D eigenvalue weighted by molar-refractivity contribution is 0.587. The molecule has 7 heteroatoms. The first-order valence-electron chi connectivity index (χ1n) is 18.8. The van der Waals surface area contributed by atoms with E-state index in [0.29, 0.717) is 0 Å². The summed E-state index contributed by atoms with van der Waals surface area (Å²) in [4.78, 5) is 0. The molecule has 8 rings (SSSR count). The van der Waals surface area contributed by atoms with Crippen LogP contribution in [0.3, 0.4) is 0 Å². The van der Waals surface area contributed by atoms with Gasteiger partial charge in [0.25, 0.3) is 0 Å². The molecule has 3 nitrogen and oxygen atoms in total. The van der Waals surface area contributed by atoms with Gasteiger partial charge in [-0.15, -0.1) is 0 Å². The molecule has 0 saturated heterocycles. The van der Waals surface area contributed by atoms with Crippen molar-refractivity contribution in [1.29, 1.82) is 0 Å². The summed E-state index contributed by atoms with van der Waals surface area (Å²) in [5.74, 6) is 0. The zero-order valence-electron chi connectivity index (χ0n) is 33.4. The Morgan fingerprint density at radius 3 is 0.732 bits per heavy atom. The zero-order valence-corrected chi connectivity index (χ0v) is 37.0. The summed E-state index contributed by atoms with van der Waals surface area (Å²) in [5.41, 5.74) is 8.79. The predicted molar refractivity (Wildman–Crippen MR) is 255 cm³/mol. The van der Waals surface area contributed by atoms with E-state index in [1.54, 1.807) is 0 Å². The summed E-state index contributed by atoms with van der Waals surface area (Å²) in [6.45, 7) is 13.9. The minimum absolute atomic E-state index is 0.858. The van der Waals surface area contributed by atoms with Crippen LogP contribution in [0, 0.1) is 0 Å². The highest BCUT2D eigenvalue weighted by molar-refractivity contribution is 7.79. The first-order valence-corrected chi connectivity index (χ1v) is 29.5. The van der Waals surface area contributed by atoms with Crippen LogP contribution in [0.5, 0.6) is 0 Å². The highest BCUT2D eigenvalue weighted by Gasteiger charge is 2.22. The molecular weight excluding hydrogens is 760 g/mol. The van der Waals surface area contributed by atoms with Gasteiger partial charge in [-0.1, -0.05) is 135 Å². The monoisotopic (exact) mass is 808 g/mol. The van der Waals surface area contributed by atoms with Crippen molar-refractivity contribution in [3.8, 4) is 44.5 Å². The van der Waals surface area contributed by atoms with Gasteiger partial charge in [-0.2, -0.15) is 0 Å². The van der Waals surface area contributed by atoms with Gasteiger partial charge in [0.05, 0.1) is 0 Å². The van der Waals surface area contributed by atoms with E-state index in [4.69, 9.17) is 0 Å². The molecule has 0 atom stereocenters. The van der Waals surface area contributed by atoms with Crippen LogP contribution in [0.1, 0.15) is 0 Å². The Kier molecular flexibility index (Phi) is 9.47. The van der Waals surface area contributed by atoms with Crippen molar-refractivity contribution >= 4 is 88.1 Å². The molecule has 282 valence electrons. The third-order valence-electron chi connectivity index (χ3n) is 11.2. The first-order chi connectivity index (χ1) is 26.3. The SMILES string of the molecule is C=P(C)(C)c1ccc(-c2cc(-c3ccc(P(C)(C)=O)cc3)c3ccc4c(-c5ccc(P(C)(C)=O)cc5)cc(-c5ccc(P(C)(C)=O)cc5)c5ccc2c3c54)cc1. The van der Waals surface area contributed by atoms with Crippen molar-refractivity contribution < 1.29 is 13.7 Å². The molecule has 0 spiro atoms. The fourth-order valence-corrected chi connectivity index (χ4v) is 11.6. The van der Waals surface area contributed by atoms with Crippen LogP contribution in [0.2, 0.25) is 0 Å². The van der Waals surface area contributed by atoms with Crippen LogP contribution in [0.25, 0.3) is 76.8 Å². The van der Waals surface area contributed by atoms with Crippen LogP contribution < -0.4 is 21.2 Å². The fourth-order valence-electron chi connectivity index (χ4n) is 7.99. The Morgan fingerprint density at radius 1 is 0.321 bits per heavy atom. The van der Waals surface area contributed by atoms with Crippen molar-refractivity contribution in [2.24, 2.45) is 0 Å². The quantitative estimate of drug-likeness (QED) is 0.113. The first kappa shape index (κ1) is 38.7. The Labute approximate surface area is 331 Å². The fraction of sp³-hybridized carbons (Fsp3) is 0.163. The van der Waals surface area contributed by atoms with Crippen molar-refractivity contribution in [1.82, 2.24) is 0 Å². The topological polar surface area (TPSA) is 51.2 Å². The maximum absolute atomic E-state index is 13.0. The van der Waals surface area contributed by atoms with Crippen LogP contribution >= 0.6 is 28.3 Å². The van der Waals surface area contributed by atoms with Crippen molar-refractivity contribution in [2.75, 3.05) is 53.3 Å². The lowest BCUT2D eigenvalue weighted by atomic mass is 9.82. The molecule has 0 heterocycles. The van der Waals surface area contributed by atoms with Gasteiger partial charge in [-0.05, 0) is 148 Å². The molecule has 0 aromatic heterocycles. The van der Waals surface area contributed by atoms with E-state index in [1.807, 2.05) is 76.4 Å². The summed E-state index contributed by atoms with van der Waals surface area (Å²) in [6, 6.07) is 47.4. The van der Waals surface area contributed by atoms with E-state index in [9.17, 15) is 13.7 Å². The smallest absolute Gasteiger partial charge is 0.109 e. The van der Waals surface area contributed by atoms with Gasteiger partial charge in [-0.3, -0.25) is 0 Å². The molecule has 0 aliphatic heterocycles. The summed E-state index contributed by atoms with van der Waals surface area (Å²) in [7, 11) is -7.30. The minimum atomic E-state index is -2.44. The van der Waals surface area contributed by atoms with Gasteiger partial charge in [0.2, 0.25) is 0 Å². The van der Waals surface area contributed by atoms with Crippen LogP contribution in [-0.2, 0) is 13.7 Å². The van der Waals surface area contributed by atoms with Gasteiger partial charge < -0.3 is 13.7 Å². The lowest BCUT2D eigenvalue weighted by Crippen LogP contribution is -2.03. The van der Waals surface area contributed by atoms with E-state index in [0.717, 1.165) is 76.6 Å². The number of hydrogen-bond donors (Lipinski definition) is 0. The Bertz CT molecular complexity index is 2600. The Hall–Kier alpha value is -4.21. The number of rotatable bonds is 8. The predicted octanol–water partition coefficient (Wildman–Crippen LogP) is 12.3. The molecule has 0 aliphatic carbocycles. The number of benzene rings is 8. The second kappa shape index (κ2) is 13.7. The molecule has 56 heavy (non-hydrogen) atoms. The maximum atomic E-state index is 13.0. The van der Waals surface area contributed by atoms with Crippen LogP contribution in [-0.4, -0.2) is 59.6 Å². The van der Waals surface area contributed by atoms with Crippen LogP contribution in [0.4, 0.5) is 0 Å². The Balaban J connectivity index is 1.49. The summed E-state index contributed by atoms with van der Waals surface area (Å²) < 4.78 is 39.1. The average Bonchev–Trinajstić information content (AvgIpc) is 3.15. The molecule has 0 saturated carbocycles. The molecule has 0 bridgehead atoms. The van der Waals surface area contributed by atoms with Crippen molar-refractivity contribution in [3.63, 3.8) is 0 Å². The van der Waals surface area contributed by atoms with E-state index in [-0.39, 0.29) is 0 Å². The van der Waals surface area contributed by atoms with Gasteiger partial charge in [0, 0.05) is 15.9 Å².